The van der Waals surface area contributed by atoms with Crippen LogP contribution in [0.2, 0.25) is 0 Å². The van der Waals surface area contributed by atoms with Gasteiger partial charge in [0, 0.05) is 12.1 Å². The van der Waals surface area contributed by atoms with Crippen molar-refractivity contribution in [2.75, 3.05) is 0 Å². The summed E-state index contributed by atoms with van der Waals surface area (Å²) >= 11 is 0. The zero-order chi connectivity index (χ0) is 11.7. The van der Waals surface area contributed by atoms with Gasteiger partial charge in [0.2, 0.25) is 5.91 Å². The monoisotopic (exact) mass is 213 g/mol. The Bertz CT molecular complexity index is 265. The SMILES string of the molecule is CC(C)N(C(=O)[C@H]1C[C@H]1C(=O)O)C(C)C. The maximum atomic E-state index is 12.0. The molecule has 1 rings (SSSR count). The zero-order valence-corrected chi connectivity index (χ0v) is 9.73. The van der Waals surface area contributed by atoms with Gasteiger partial charge in [-0.15, -0.1) is 0 Å². The third-order valence-corrected chi connectivity index (χ3v) is 2.79. The summed E-state index contributed by atoms with van der Waals surface area (Å²) in [7, 11) is 0. The molecule has 0 unspecified atom stereocenters. The summed E-state index contributed by atoms with van der Waals surface area (Å²) in [6, 6.07) is 0.264. The second-order valence-electron chi connectivity index (χ2n) is 4.72. The molecule has 86 valence electrons. The summed E-state index contributed by atoms with van der Waals surface area (Å²) in [5, 5.41) is 8.76. The van der Waals surface area contributed by atoms with Crippen molar-refractivity contribution in [1.29, 1.82) is 0 Å². The smallest absolute Gasteiger partial charge is 0.307 e. The lowest BCUT2D eigenvalue weighted by molar-refractivity contribution is -0.143. The van der Waals surface area contributed by atoms with E-state index in [0.29, 0.717) is 6.42 Å². The minimum absolute atomic E-state index is 0.00704. The van der Waals surface area contributed by atoms with Crippen molar-refractivity contribution >= 4 is 11.9 Å². The quantitative estimate of drug-likeness (QED) is 0.767. The van der Waals surface area contributed by atoms with E-state index < -0.39 is 11.9 Å². The molecule has 1 fully saturated rings. The Labute approximate surface area is 90.3 Å². The van der Waals surface area contributed by atoms with Crippen LogP contribution in [-0.4, -0.2) is 34.0 Å². The number of rotatable bonds is 4. The first-order chi connectivity index (χ1) is 6.86. The Morgan fingerprint density at radius 1 is 1.13 bits per heavy atom. The third-order valence-electron chi connectivity index (χ3n) is 2.79. The lowest BCUT2D eigenvalue weighted by Crippen LogP contribution is -2.43. The molecule has 4 nitrogen and oxygen atoms in total. The van der Waals surface area contributed by atoms with Crippen LogP contribution in [0.15, 0.2) is 0 Å². The van der Waals surface area contributed by atoms with E-state index in [1.807, 2.05) is 27.7 Å². The maximum Gasteiger partial charge on any atom is 0.307 e. The van der Waals surface area contributed by atoms with Crippen LogP contribution in [0.25, 0.3) is 0 Å². The summed E-state index contributed by atoms with van der Waals surface area (Å²) in [4.78, 5) is 24.4. The summed E-state index contributed by atoms with van der Waals surface area (Å²) < 4.78 is 0. The van der Waals surface area contributed by atoms with Crippen molar-refractivity contribution < 1.29 is 14.7 Å². The number of carboxylic acid groups (broad SMARTS) is 1. The van der Waals surface area contributed by atoms with Crippen LogP contribution < -0.4 is 0 Å². The molecule has 0 radical (unpaired) electrons. The van der Waals surface area contributed by atoms with E-state index >= 15 is 0 Å². The first-order valence-corrected chi connectivity index (χ1v) is 5.41. The van der Waals surface area contributed by atoms with Crippen molar-refractivity contribution in [3.63, 3.8) is 0 Å². The van der Waals surface area contributed by atoms with E-state index in [0.717, 1.165) is 0 Å². The predicted molar refractivity (Wildman–Crippen MR) is 56.4 cm³/mol. The van der Waals surface area contributed by atoms with Gasteiger partial charge in [-0.1, -0.05) is 0 Å². The molecule has 0 aromatic heterocycles. The van der Waals surface area contributed by atoms with Gasteiger partial charge in [0.25, 0.3) is 0 Å². The van der Waals surface area contributed by atoms with Crippen LogP contribution in [0.1, 0.15) is 34.1 Å². The van der Waals surface area contributed by atoms with Gasteiger partial charge in [-0.2, -0.15) is 0 Å². The van der Waals surface area contributed by atoms with Crippen LogP contribution in [0.3, 0.4) is 0 Å². The van der Waals surface area contributed by atoms with Crippen molar-refractivity contribution in [1.82, 2.24) is 4.90 Å². The van der Waals surface area contributed by atoms with E-state index in [1.165, 1.54) is 0 Å². The maximum absolute atomic E-state index is 12.0. The molecular formula is C11H19NO3. The number of carbonyl (C=O) groups is 2. The highest BCUT2D eigenvalue weighted by Crippen LogP contribution is 2.40. The molecular weight excluding hydrogens is 194 g/mol. The Morgan fingerprint density at radius 2 is 1.60 bits per heavy atom. The van der Waals surface area contributed by atoms with Crippen molar-refractivity contribution in [2.45, 2.75) is 46.2 Å². The Hall–Kier alpha value is -1.06. The lowest BCUT2D eigenvalue weighted by Gasteiger charge is -2.31. The van der Waals surface area contributed by atoms with Crippen LogP contribution in [0.4, 0.5) is 0 Å². The summed E-state index contributed by atoms with van der Waals surface area (Å²) in [6.45, 7) is 7.82. The molecule has 1 saturated carbocycles. The van der Waals surface area contributed by atoms with Crippen molar-refractivity contribution in [3.05, 3.63) is 0 Å². The predicted octanol–water partition coefficient (Wildman–Crippen LogP) is 1.35. The molecule has 4 heteroatoms. The van der Waals surface area contributed by atoms with Crippen LogP contribution in [0.5, 0.6) is 0 Å². The first-order valence-electron chi connectivity index (χ1n) is 5.41. The largest absolute Gasteiger partial charge is 0.481 e. The molecule has 0 spiro atoms. The standard InChI is InChI=1S/C11H19NO3/c1-6(2)12(7(3)4)10(13)8-5-9(8)11(14)15/h6-9H,5H2,1-4H3,(H,14,15)/t8-,9+/m0/s1. The fourth-order valence-electron chi connectivity index (χ4n) is 2.04. The van der Waals surface area contributed by atoms with Gasteiger partial charge in [-0.05, 0) is 34.1 Å². The van der Waals surface area contributed by atoms with Crippen LogP contribution in [0, 0.1) is 11.8 Å². The summed E-state index contributed by atoms with van der Waals surface area (Å²) in [5.41, 5.74) is 0. The number of carboxylic acids is 1. The Morgan fingerprint density at radius 3 is 1.87 bits per heavy atom. The van der Waals surface area contributed by atoms with Crippen LogP contribution >= 0.6 is 0 Å². The average Bonchev–Trinajstić information content (AvgIpc) is 2.79. The second kappa shape index (κ2) is 4.21. The molecule has 0 bridgehead atoms. The highest BCUT2D eigenvalue weighted by Gasteiger charge is 2.50. The number of amides is 1. The molecule has 1 aliphatic carbocycles. The highest BCUT2D eigenvalue weighted by molar-refractivity contribution is 5.89. The number of nitrogens with zero attached hydrogens (tertiary/aromatic N) is 1. The van der Waals surface area contributed by atoms with E-state index in [9.17, 15) is 9.59 Å². The Balaban J connectivity index is 2.64. The second-order valence-corrected chi connectivity index (χ2v) is 4.72. The lowest BCUT2D eigenvalue weighted by atomic mass is 10.2. The van der Waals surface area contributed by atoms with Gasteiger partial charge in [0.05, 0.1) is 11.8 Å². The minimum atomic E-state index is -0.846. The number of carbonyl (C=O) groups excluding carboxylic acids is 1. The van der Waals surface area contributed by atoms with Gasteiger partial charge >= 0.3 is 5.97 Å². The molecule has 0 heterocycles. The van der Waals surface area contributed by atoms with Gasteiger partial charge in [-0.3, -0.25) is 9.59 Å². The van der Waals surface area contributed by atoms with Crippen molar-refractivity contribution in [2.24, 2.45) is 11.8 Å². The molecule has 0 saturated heterocycles. The fourth-order valence-corrected chi connectivity index (χ4v) is 2.04. The van der Waals surface area contributed by atoms with E-state index in [1.54, 1.807) is 4.90 Å². The van der Waals surface area contributed by atoms with Gasteiger partial charge in [0.1, 0.15) is 0 Å². The molecule has 1 amide bonds. The normalized spacial score (nSPS) is 24.4. The molecule has 0 aromatic rings. The summed E-state index contributed by atoms with van der Waals surface area (Å²) in [6.07, 6.45) is 0.504. The average molecular weight is 213 g/mol. The first kappa shape index (κ1) is 12.0. The van der Waals surface area contributed by atoms with Gasteiger partial charge in [0.15, 0.2) is 0 Å². The minimum Gasteiger partial charge on any atom is -0.481 e. The zero-order valence-electron chi connectivity index (χ0n) is 9.73. The van der Waals surface area contributed by atoms with Gasteiger partial charge in [-0.25, -0.2) is 0 Å². The third kappa shape index (κ3) is 2.49. The highest BCUT2D eigenvalue weighted by atomic mass is 16.4. The van der Waals surface area contributed by atoms with E-state index in [4.69, 9.17) is 5.11 Å². The molecule has 1 N–H and O–H groups in total. The number of hydrogen-bond donors (Lipinski definition) is 1. The Kier molecular flexibility index (Phi) is 3.37. The van der Waals surface area contributed by atoms with Crippen molar-refractivity contribution in [3.8, 4) is 0 Å². The van der Waals surface area contributed by atoms with Crippen LogP contribution in [-0.2, 0) is 9.59 Å². The molecule has 2 atom stereocenters. The fraction of sp³-hybridized carbons (Fsp3) is 0.818. The van der Waals surface area contributed by atoms with E-state index in [-0.39, 0.29) is 23.9 Å². The van der Waals surface area contributed by atoms with E-state index in [2.05, 4.69) is 0 Å². The molecule has 0 aliphatic heterocycles. The number of aliphatic carboxylic acids is 1. The van der Waals surface area contributed by atoms with Gasteiger partial charge < -0.3 is 10.0 Å². The number of hydrogen-bond acceptors (Lipinski definition) is 2. The summed E-state index contributed by atoms with van der Waals surface area (Å²) in [5.74, 6) is -1.59. The molecule has 0 aromatic carbocycles. The molecule has 15 heavy (non-hydrogen) atoms. The molecule has 1 aliphatic rings. The topological polar surface area (TPSA) is 57.6 Å².